The zero-order valence-electron chi connectivity index (χ0n) is 17.9. The van der Waals surface area contributed by atoms with Crippen LogP contribution in [0.5, 0.6) is 11.5 Å². The Kier molecular flexibility index (Phi) is 5.05. The van der Waals surface area contributed by atoms with E-state index < -0.39 is 23.2 Å². The summed E-state index contributed by atoms with van der Waals surface area (Å²) in [5.74, 6) is 0.159. The first-order chi connectivity index (χ1) is 16.0. The van der Waals surface area contributed by atoms with Crippen molar-refractivity contribution in [3.05, 3.63) is 93.7 Å². The number of benzene rings is 2. The monoisotopic (exact) mass is 446 g/mol. The number of anilines is 1. The third-order valence-electron chi connectivity index (χ3n) is 5.53. The van der Waals surface area contributed by atoms with E-state index in [-0.39, 0.29) is 22.3 Å². The van der Waals surface area contributed by atoms with Gasteiger partial charge < -0.3 is 13.9 Å². The number of fused-ring (bicyclic) bond motifs is 2. The molecule has 0 aliphatic carbocycles. The average molecular weight is 446 g/mol. The molecule has 8 heteroatoms. The molecule has 0 unspecified atom stereocenters. The Bertz CT molecular complexity index is 1430. The standard InChI is InChI=1S/C25H19FN2O5/c1-3-32-18-9-7-14(12-19(18)31-2)22-21-23(29)16-13-15(26)8-10-17(16)33-24(21)25(30)28(22)20-6-4-5-11-27-20/h4-13,22H,3H2,1-2H3/t22-/m1/s1. The van der Waals surface area contributed by atoms with Crippen LogP contribution in [0.2, 0.25) is 0 Å². The van der Waals surface area contributed by atoms with Gasteiger partial charge in [0, 0.05) is 6.20 Å². The fraction of sp³-hybridized carbons (Fsp3) is 0.160. The molecule has 4 aromatic rings. The van der Waals surface area contributed by atoms with E-state index in [2.05, 4.69) is 4.98 Å². The molecule has 1 aliphatic rings. The van der Waals surface area contributed by atoms with E-state index in [9.17, 15) is 14.0 Å². The number of amides is 1. The maximum absolute atomic E-state index is 13.9. The summed E-state index contributed by atoms with van der Waals surface area (Å²) in [6, 6.07) is 13.1. The Balaban J connectivity index is 1.79. The van der Waals surface area contributed by atoms with Crippen LogP contribution in [-0.4, -0.2) is 24.6 Å². The summed E-state index contributed by atoms with van der Waals surface area (Å²) in [4.78, 5) is 32.7. The summed E-state index contributed by atoms with van der Waals surface area (Å²) in [6.07, 6.45) is 1.56. The van der Waals surface area contributed by atoms with Crippen LogP contribution < -0.4 is 19.8 Å². The molecule has 1 amide bonds. The number of carbonyl (C=O) groups excluding carboxylic acids is 1. The number of ether oxygens (including phenoxy) is 2. The van der Waals surface area contributed by atoms with Gasteiger partial charge in [-0.05, 0) is 55.0 Å². The van der Waals surface area contributed by atoms with Crippen molar-refractivity contribution in [1.29, 1.82) is 0 Å². The SMILES string of the molecule is CCOc1ccc([C@@H]2c3c(oc4ccc(F)cc4c3=O)C(=O)N2c2ccccn2)cc1OC. The summed E-state index contributed by atoms with van der Waals surface area (Å²) in [5.41, 5.74) is 0.376. The number of nitrogens with zero attached hydrogens (tertiary/aromatic N) is 2. The number of hydrogen-bond donors (Lipinski definition) is 0. The molecule has 1 aliphatic heterocycles. The number of hydrogen-bond acceptors (Lipinski definition) is 6. The Morgan fingerprint density at radius 3 is 2.67 bits per heavy atom. The lowest BCUT2D eigenvalue weighted by Crippen LogP contribution is -2.30. The van der Waals surface area contributed by atoms with E-state index in [0.717, 1.165) is 6.07 Å². The van der Waals surface area contributed by atoms with E-state index in [4.69, 9.17) is 13.9 Å². The van der Waals surface area contributed by atoms with Crippen LogP contribution in [0, 0.1) is 5.82 Å². The number of pyridine rings is 1. The Labute approximate surface area is 188 Å². The minimum atomic E-state index is -0.851. The molecule has 0 bridgehead atoms. The summed E-state index contributed by atoms with van der Waals surface area (Å²) in [6.45, 7) is 2.30. The zero-order valence-corrected chi connectivity index (χ0v) is 17.9. The Morgan fingerprint density at radius 2 is 1.94 bits per heavy atom. The third kappa shape index (κ3) is 3.31. The fourth-order valence-corrected chi connectivity index (χ4v) is 4.12. The van der Waals surface area contributed by atoms with Gasteiger partial charge in [-0.2, -0.15) is 0 Å². The topological polar surface area (TPSA) is 81.9 Å². The molecule has 3 heterocycles. The van der Waals surface area contributed by atoms with Crippen LogP contribution in [0.4, 0.5) is 10.2 Å². The van der Waals surface area contributed by atoms with Crippen LogP contribution >= 0.6 is 0 Å². The predicted molar refractivity (Wildman–Crippen MR) is 119 cm³/mol. The smallest absolute Gasteiger partial charge is 0.296 e. The maximum Gasteiger partial charge on any atom is 0.296 e. The van der Waals surface area contributed by atoms with Crippen LogP contribution in [0.1, 0.15) is 34.6 Å². The lowest BCUT2D eigenvalue weighted by molar-refractivity contribution is 0.0970. The van der Waals surface area contributed by atoms with Crippen molar-refractivity contribution in [2.75, 3.05) is 18.6 Å². The highest BCUT2D eigenvalue weighted by Crippen LogP contribution is 2.42. The van der Waals surface area contributed by atoms with E-state index in [1.165, 1.54) is 24.1 Å². The van der Waals surface area contributed by atoms with Gasteiger partial charge in [0.2, 0.25) is 5.76 Å². The van der Waals surface area contributed by atoms with Gasteiger partial charge in [-0.15, -0.1) is 0 Å². The summed E-state index contributed by atoms with van der Waals surface area (Å²) in [7, 11) is 1.51. The Hall–Kier alpha value is -4.20. The second-order valence-corrected chi connectivity index (χ2v) is 7.42. The van der Waals surface area contributed by atoms with E-state index in [0.29, 0.717) is 29.5 Å². The normalized spacial score (nSPS) is 15.1. The summed E-state index contributed by atoms with van der Waals surface area (Å²) >= 11 is 0. The first kappa shape index (κ1) is 20.7. The van der Waals surface area contributed by atoms with Crippen molar-refractivity contribution in [3.8, 4) is 11.5 Å². The van der Waals surface area contributed by atoms with E-state index in [1.807, 2.05) is 6.92 Å². The number of carbonyl (C=O) groups is 1. The van der Waals surface area contributed by atoms with Crippen LogP contribution in [0.3, 0.4) is 0 Å². The first-order valence-electron chi connectivity index (χ1n) is 10.3. The van der Waals surface area contributed by atoms with Crippen LogP contribution in [-0.2, 0) is 0 Å². The Morgan fingerprint density at radius 1 is 1.09 bits per heavy atom. The number of halogens is 1. The van der Waals surface area contributed by atoms with Crippen molar-refractivity contribution in [2.45, 2.75) is 13.0 Å². The van der Waals surface area contributed by atoms with E-state index in [1.54, 1.807) is 42.6 Å². The summed E-state index contributed by atoms with van der Waals surface area (Å²) in [5, 5.41) is 0.0623. The molecule has 1 atom stereocenters. The van der Waals surface area contributed by atoms with Gasteiger partial charge in [0.25, 0.3) is 5.91 Å². The zero-order chi connectivity index (χ0) is 23.1. The average Bonchev–Trinajstić information content (AvgIpc) is 3.13. The van der Waals surface area contributed by atoms with Crippen LogP contribution in [0.25, 0.3) is 11.0 Å². The van der Waals surface area contributed by atoms with Crippen LogP contribution in [0.15, 0.2) is 70.0 Å². The van der Waals surface area contributed by atoms with Gasteiger partial charge in [0.1, 0.15) is 17.2 Å². The van der Waals surface area contributed by atoms with Crippen molar-refractivity contribution in [2.24, 2.45) is 0 Å². The molecular formula is C25H19FN2O5. The minimum absolute atomic E-state index is 0.0623. The minimum Gasteiger partial charge on any atom is -0.493 e. The molecule has 166 valence electrons. The molecule has 0 saturated heterocycles. The number of methoxy groups -OCH3 is 1. The molecule has 0 N–H and O–H groups in total. The molecule has 33 heavy (non-hydrogen) atoms. The second-order valence-electron chi connectivity index (χ2n) is 7.42. The van der Waals surface area contributed by atoms with Crippen molar-refractivity contribution >= 4 is 22.7 Å². The molecule has 2 aromatic heterocycles. The van der Waals surface area contributed by atoms with E-state index >= 15 is 0 Å². The molecule has 2 aromatic carbocycles. The second kappa shape index (κ2) is 8.05. The highest BCUT2D eigenvalue weighted by molar-refractivity contribution is 6.10. The maximum atomic E-state index is 13.9. The lowest BCUT2D eigenvalue weighted by atomic mass is 9.98. The molecule has 0 fully saturated rings. The quantitative estimate of drug-likeness (QED) is 0.450. The summed E-state index contributed by atoms with van der Waals surface area (Å²) < 4.78 is 30.8. The van der Waals surface area contributed by atoms with Crippen molar-refractivity contribution in [1.82, 2.24) is 4.98 Å². The molecule has 0 spiro atoms. The highest BCUT2D eigenvalue weighted by Gasteiger charge is 2.44. The van der Waals surface area contributed by atoms with Crippen molar-refractivity contribution < 1.29 is 23.1 Å². The van der Waals surface area contributed by atoms with Gasteiger partial charge in [0.05, 0.1) is 30.7 Å². The number of aromatic nitrogens is 1. The largest absolute Gasteiger partial charge is 0.493 e. The van der Waals surface area contributed by atoms with Gasteiger partial charge in [0.15, 0.2) is 16.9 Å². The fourth-order valence-electron chi connectivity index (χ4n) is 4.12. The molecule has 7 nitrogen and oxygen atoms in total. The van der Waals surface area contributed by atoms with Gasteiger partial charge in [-0.25, -0.2) is 9.37 Å². The predicted octanol–water partition coefficient (Wildman–Crippen LogP) is 4.48. The molecule has 0 radical (unpaired) electrons. The molecule has 0 saturated carbocycles. The first-order valence-corrected chi connectivity index (χ1v) is 10.3. The number of rotatable bonds is 5. The molecular weight excluding hydrogens is 427 g/mol. The van der Waals surface area contributed by atoms with Crippen molar-refractivity contribution in [3.63, 3.8) is 0 Å². The lowest BCUT2D eigenvalue weighted by Gasteiger charge is -2.24. The van der Waals surface area contributed by atoms with Gasteiger partial charge >= 0.3 is 0 Å². The van der Waals surface area contributed by atoms with Gasteiger partial charge in [-0.3, -0.25) is 14.5 Å². The molecule has 5 rings (SSSR count). The highest BCUT2D eigenvalue weighted by atomic mass is 19.1. The third-order valence-corrected chi connectivity index (χ3v) is 5.53. The van der Waals surface area contributed by atoms with Gasteiger partial charge in [-0.1, -0.05) is 12.1 Å².